The van der Waals surface area contributed by atoms with Gasteiger partial charge in [-0.05, 0) is 28.8 Å². The molecule has 0 spiro atoms. The van der Waals surface area contributed by atoms with Gasteiger partial charge in [-0.3, -0.25) is 0 Å². The molecule has 1 aromatic heterocycles. The van der Waals surface area contributed by atoms with Crippen LogP contribution in [0.1, 0.15) is 30.3 Å². The fourth-order valence-electron chi connectivity index (χ4n) is 2.61. The van der Waals surface area contributed by atoms with Crippen molar-refractivity contribution in [3.05, 3.63) is 16.1 Å². The molecule has 2 N–H and O–H groups in total. The number of hydrogen-bond acceptors (Lipinski definition) is 3. The second kappa shape index (κ2) is 4.13. The van der Waals surface area contributed by atoms with Gasteiger partial charge in [0.15, 0.2) is 0 Å². The largest absolute Gasteiger partial charge is 0.381 e. The first-order valence-electron chi connectivity index (χ1n) is 5.84. The van der Waals surface area contributed by atoms with Crippen LogP contribution in [0, 0.1) is 0 Å². The molecule has 4 nitrogen and oxygen atoms in total. The average Bonchev–Trinajstić information content (AvgIpc) is 2.87. The van der Waals surface area contributed by atoms with Gasteiger partial charge in [-0.15, -0.1) is 0 Å². The molecule has 5 heteroatoms. The highest BCUT2D eigenvalue weighted by atomic mass is 79.9. The van der Waals surface area contributed by atoms with Gasteiger partial charge in [0.1, 0.15) is 10.4 Å². The molecule has 1 saturated heterocycles. The van der Waals surface area contributed by atoms with Gasteiger partial charge in [-0.2, -0.15) is 0 Å². The zero-order valence-corrected chi connectivity index (χ0v) is 10.7. The van der Waals surface area contributed by atoms with E-state index in [0.29, 0.717) is 5.92 Å². The van der Waals surface area contributed by atoms with Gasteiger partial charge in [0.25, 0.3) is 0 Å². The summed E-state index contributed by atoms with van der Waals surface area (Å²) in [5.41, 5.74) is 7.26. The molecule has 3 rings (SSSR count). The SMILES string of the molecule is NC1CCn2c(C3CCOC3)nc(Br)c2C1. The van der Waals surface area contributed by atoms with E-state index in [1.165, 1.54) is 11.5 Å². The molecule has 2 atom stereocenters. The van der Waals surface area contributed by atoms with Crippen LogP contribution in [-0.2, 0) is 17.7 Å². The minimum atomic E-state index is 0.285. The van der Waals surface area contributed by atoms with Gasteiger partial charge in [0.05, 0.1) is 12.3 Å². The Bertz CT molecular complexity index is 398. The first-order valence-corrected chi connectivity index (χ1v) is 6.63. The summed E-state index contributed by atoms with van der Waals surface area (Å²) < 4.78 is 8.76. The van der Waals surface area contributed by atoms with E-state index < -0.39 is 0 Å². The van der Waals surface area contributed by atoms with Gasteiger partial charge in [-0.25, -0.2) is 4.98 Å². The van der Waals surface area contributed by atoms with Crippen LogP contribution in [0.4, 0.5) is 0 Å². The van der Waals surface area contributed by atoms with E-state index in [9.17, 15) is 0 Å². The Morgan fingerprint density at radius 2 is 2.31 bits per heavy atom. The van der Waals surface area contributed by atoms with Crippen LogP contribution in [-0.4, -0.2) is 28.8 Å². The van der Waals surface area contributed by atoms with E-state index >= 15 is 0 Å². The number of nitrogens with zero attached hydrogens (tertiary/aromatic N) is 2. The normalized spacial score (nSPS) is 29.4. The van der Waals surface area contributed by atoms with Crippen molar-refractivity contribution < 1.29 is 4.74 Å². The Kier molecular flexibility index (Phi) is 2.77. The highest BCUT2D eigenvalue weighted by molar-refractivity contribution is 9.10. The summed E-state index contributed by atoms with van der Waals surface area (Å²) in [4.78, 5) is 4.65. The van der Waals surface area contributed by atoms with Crippen LogP contribution in [0.25, 0.3) is 0 Å². The molecule has 3 heterocycles. The smallest absolute Gasteiger partial charge is 0.127 e. The van der Waals surface area contributed by atoms with Gasteiger partial charge in [0.2, 0.25) is 0 Å². The summed E-state index contributed by atoms with van der Waals surface area (Å²) in [5.74, 6) is 1.66. The fourth-order valence-corrected chi connectivity index (χ4v) is 3.17. The van der Waals surface area contributed by atoms with Crippen molar-refractivity contribution in [2.75, 3.05) is 13.2 Å². The molecular weight excluding hydrogens is 270 g/mol. The lowest BCUT2D eigenvalue weighted by molar-refractivity contribution is 0.192. The average molecular weight is 286 g/mol. The number of imidazole rings is 1. The summed E-state index contributed by atoms with van der Waals surface area (Å²) in [6.45, 7) is 2.68. The van der Waals surface area contributed by atoms with Crippen molar-refractivity contribution in [2.24, 2.45) is 5.73 Å². The van der Waals surface area contributed by atoms with E-state index in [1.807, 2.05) is 0 Å². The minimum Gasteiger partial charge on any atom is -0.381 e. The molecule has 0 aromatic carbocycles. The molecule has 0 aliphatic carbocycles. The Balaban J connectivity index is 1.97. The van der Waals surface area contributed by atoms with Crippen molar-refractivity contribution >= 4 is 15.9 Å². The zero-order chi connectivity index (χ0) is 11.1. The van der Waals surface area contributed by atoms with E-state index in [4.69, 9.17) is 10.5 Å². The molecule has 0 saturated carbocycles. The molecule has 1 aromatic rings. The minimum absolute atomic E-state index is 0.285. The van der Waals surface area contributed by atoms with Crippen LogP contribution in [0.3, 0.4) is 0 Å². The number of fused-ring (bicyclic) bond motifs is 1. The molecule has 2 unspecified atom stereocenters. The summed E-state index contributed by atoms with van der Waals surface area (Å²) in [5, 5.41) is 0. The van der Waals surface area contributed by atoms with Crippen LogP contribution in [0.5, 0.6) is 0 Å². The Morgan fingerprint density at radius 1 is 1.44 bits per heavy atom. The van der Waals surface area contributed by atoms with Crippen LogP contribution >= 0.6 is 15.9 Å². The highest BCUT2D eigenvalue weighted by Crippen LogP contribution is 2.31. The molecule has 2 aliphatic rings. The predicted octanol–water partition coefficient (Wildman–Crippen LogP) is 1.42. The number of nitrogens with two attached hydrogens (primary N) is 1. The van der Waals surface area contributed by atoms with Gasteiger partial charge < -0.3 is 15.0 Å². The van der Waals surface area contributed by atoms with Crippen molar-refractivity contribution in [3.8, 4) is 0 Å². The maximum Gasteiger partial charge on any atom is 0.127 e. The van der Waals surface area contributed by atoms with Crippen molar-refractivity contribution in [1.82, 2.24) is 9.55 Å². The Labute approximate surface area is 103 Å². The summed E-state index contributed by atoms with van der Waals surface area (Å²) in [6, 6.07) is 0.285. The standard InChI is InChI=1S/C11H16BrN3O/c12-10-9-5-8(13)1-3-15(9)11(14-10)7-2-4-16-6-7/h7-8H,1-6,13H2. The predicted molar refractivity (Wildman–Crippen MR) is 64.4 cm³/mol. The fraction of sp³-hybridized carbons (Fsp3) is 0.727. The molecule has 2 aliphatic heterocycles. The third-order valence-corrected chi connectivity index (χ3v) is 4.16. The molecular formula is C11H16BrN3O. The zero-order valence-electron chi connectivity index (χ0n) is 9.16. The number of aromatic nitrogens is 2. The summed E-state index contributed by atoms with van der Waals surface area (Å²) >= 11 is 3.55. The summed E-state index contributed by atoms with van der Waals surface area (Å²) in [6.07, 6.45) is 3.08. The van der Waals surface area contributed by atoms with Crippen molar-refractivity contribution in [2.45, 2.75) is 37.8 Å². The summed E-state index contributed by atoms with van der Waals surface area (Å²) in [7, 11) is 0. The second-order valence-corrected chi connectivity index (χ2v) is 5.42. The van der Waals surface area contributed by atoms with Crippen LogP contribution in [0.15, 0.2) is 4.60 Å². The van der Waals surface area contributed by atoms with E-state index in [2.05, 4.69) is 25.5 Å². The molecule has 16 heavy (non-hydrogen) atoms. The van der Waals surface area contributed by atoms with Gasteiger partial charge in [0, 0.05) is 31.5 Å². The maximum atomic E-state index is 5.99. The Hall–Kier alpha value is -0.390. The topological polar surface area (TPSA) is 53.1 Å². The molecule has 1 fully saturated rings. The quantitative estimate of drug-likeness (QED) is 0.849. The lowest BCUT2D eigenvalue weighted by atomic mass is 10.0. The lowest BCUT2D eigenvalue weighted by Gasteiger charge is -2.23. The highest BCUT2D eigenvalue weighted by Gasteiger charge is 2.28. The first kappa shape index (κ1) is 10.7. The number of rotatable bonds is 1. The van der Waals surface area contributed by atoms with Crippen LogP contribution in [0.2, 0.25) is 0 Å². The third kappa shape index (κ3) is 1.71. The van der Waals surface area contributed by atoms with E-state index in [0.717, 1.165) is 43.6 Å². The molecule has 88 valence electrons. The first-order chi connectivity index (χ1) is 7.75. The number of halogens is 1. The van der Waals surface area contributed by atoms with Crippen molar-refractivity contribution in [1.29, 1.82) is 0 Å². The van der Waals surface area contributed by atoms with Crippen molar-refractivity contribution in [3.63, 3.8) is 0 Å². The second-order valence-electron chi connectivity index (χ2n) is 4.67. The van der Waals surface area contributed by atoms with E-state index in [1.54, 1.807) is 0 Å². The number of ether oxygens (including phenoxy) is 1. The molecule has 0 radical (unpaired) electrons. The van der Waals surface area contributed by atoms with Gasteiger partial charge in [-0.1, -0.05) is 0 Å². The lowest BCUT2D eigenvalue weighted by Crippen LogP contribution is -2.31. The van der Waals surface area contributed by atoms with E-state index in [-0.39, 0.29) is 6.04 Å². The maximum absolute atomic E-state index is 5.99. The third-order valence-electron chi connectivity index (χ3n) is 3.53. The monoisotopic (exact) mass is 285 g/mol. The molecule has 0 amide bonds. The van der Waals surface area contributed by atoms with Gasteiger partial charge >= 0.3 is 0 Å². The molecule has 0 bridgehead atoms. The Morgan fingerprint density at radius 3 is 3.06 bits per heavy atom. The van der Waals surface area contributed by atoms with Crippen LogP contribution < -0.4 is 5.73 Å². The number of hydrogen-bond donors (Lipinski definition) is 1.